The fourth-order valence-electron chi connectivity index (χ4n) is 1.66. The minimum absolute atomic E-state index is 0.00695. The van der Waals surface area contributed by atoms with Gasteiger partial charge in [-0.2, -0.15) is 0 Å². The van der Waals surface area contributed by atoms with Crippen molar-refractivity contribution in [2.45, 2.75) is 40.2 Å². The average Bonchev–Trinajstić information content (AvgIpc) is 2.33. The second-order valence-corrected chi connectivity index (χ2v) is 5.75. The largest absolute Gasteiger partial charge is 0.481 e. The van der Waals surface area contributed by atoms with Crippen LogP contribution in [0.4, 0.5) is 4.79 Å². The van der Waals surface area contributed by atoms with Crippen LogP contribution in [0.5, 0.6) is 0 Å². The summed E-state index contributed by atoms with van der Waals surface area (Å²) < 4.78 is 0. The number of nitrogens with zero attached hydrogens (tertiary/aromatic N) is 1. The van der Waals surface area contributed by atoms with Gasteiger partial charge in [0, 0.05) is 19.1 Å². The summed E-state index contributed by atoms with van der Waals surface area (Å²) in [6, 6.07) is 0.190. The Balaban J connectivity index is 3.81. The second kappa shape index (κ2) is 9.58. The number of urea groups is 1. The number of carboxylic acids is 1. The molecular formula is C14H29N3O3. The van der Waals surface area contributed by atoms with Gasteiger partial charge in [-0.15, -0.1) is 0 Å². The molecule has 0 aliphatic heterocycles. The Bertz CT molecular complexity index is 306. The first-order chi connectivity index (χ1) is 9.25. The monoisotopic (exact) mass is 287 g/mol. The van der Waals surface area contributed by atoms with Crippen LogP contribution in [0.15, 0.2) is 0 Å². The van der Waals surface area contributed by atoms with Crippen LogP contribution < -0.4 is 10.6 Å². The van der Waals surface area contributed by atoms with Crippen LogP contribution in [-0.4, -0.2) is 54.7 Å². The maximum atomic E-state index is 11.5. The summed E-state index contributed by atoms with van der Waals surface area (Å²) in [5.41, 5.74) is 0. The molecule has 0 bridgehead atoms. The standard InChI is InChI=1S/C14H29N3O3/c1-10(2)12(13(18)19)9-16-14(20)15-7-6-8-17(5)11(3)4/h10-12H,6-9H2,1-5H3,(H,18,19)(H2,15,16,20). The Hall–Kier alpha value is -1.30. The van der Waals surface area contributed by atoms with Gasteiger partial charge in [-0.1, -0.05) is 13.8 Å². The zero-order chi connectivity index (χ0) is 15.7. The average molecular weight is 287 g/mol. The molecule has 20 heavy (non-hydrogen) atoms. The first kappa shape index (κ1) is 18.7. The highest BCUT2D eigenvalue weighted by Gasteiger charge is 2.21. The number of aliphatic carboxylic acids is 1. The number of amides is 2. The van der Waals surface area contributed by atoms with Gasteiger partial charge in [-0.3, -0.25) is 4.79 Å². The lowest BCUT2D eigenvalue weighted by atomic mass is 9.96. The van der Waals surface area contributed by atoms with Crippen molar-refractivity contribution in [3.63, 3.8) is 0 Å². The third-order valence-corrected chi connectivity index (χ3v) is 3.46. The second-order valence-electron chi connectivity index (χ2n) is 5.75. The number of hydrogen-bond acceptors (Lipinski definition) is 3. The molecule has 0 aromatic heterocycles. The van der Waals surface area contributed by atoms with Crippen LogP contribution in [0, 0.1) is 11.8 Å². The van der Waals surface area contributed by atoms with Gasteiger partial charge in [0.2, 0.25) is 0 Å². The van der Waals surface area contributed by atoms with Gasteiger partial charge in [0.05, 0.1) is 5.92 Å². The molecule has 0 fully saturated rings. The van der Waals surface area contributed by atoms with Crippen LogP contribution in [0.25, 0.3) is 0 Å². The third kappa shape index (κ3) is 7.99. The van der Waals surface area contributed by atoms with E-state index in [2.05, 4.69) is 29.4 Å². The molecule has 3 N–H and O–H groups in total. The number of nitrogens with one attached hydrogen (secondary N) is 2. The topological polar surface area (TPSA) is 81.7 Å². The molecule has 6 nitrogen and oxygen atoms in total. The van der Waals surface area contributed by atoms with Crippen molar-refractivity contribution in [1.29, 1.82) is 0 Å². The Labute approximate surface area is 121 Å². The lowest BCUT2D eigenvalue weighted by Gasteiger charge is -2.21. The molecule has 0 rings (SSSR count). The summed E-state index contributed by atoms with van der Waals surface area (Å²) in [5.74, 6) is -1.43. The molecule has 0 radical (unpaired) electrons. The zero-order valence-electron chi connectivity index (χ0n) is 13.3. The Morgan fingerprint density at radius 2 is 1.75 bits per heavy atom. The first-order valence-corrected chi connectivity index (χ1v) is 7.20. The van der Waals surface area contributed by atoms with Gasteiger partial charge < -0.3 is 20.6 Å². The molecule has 118 valence electrons. The summed E-state index contributed by atoms with van der Waals surface area (Å²) in [5, 5.41) is 14.4. The summed E-state index contributed by atoms with van der Waals surface area (Å²) in [6.07, 6.45) is 0.870. The molecule has 0 heterocycles. The quantitative estimate of drug-likeness (QED) is 0.559. The molecular weight excluding hydrogens is 258 g/mol. The van der Waals surface area contributed by atoms with Crippen LogP contribution in [-0.2, 0) is 4.79 Å². The Morgan fingerprint density at radius 3 is 2.20 bits per heavy atom. The van der Waals surface area contributed by atoms with E-state index in [1.165, 1.54) is 0 Å². The molecule has 0 aromatic rings. The van der Waals surface area contributed by atoms with E-state index in [1.807, 2.05) is 20.9 Å². The van der Waals surface area contributed by atoms with Crippen molar-refractivity contribution in [2.24, 2.45) is 11.8 Å². The smallest absolute Gasteiger partial charge is 0.314 e. The van der Waals surface area contributed by atoms with E-state index in [-0.39, 0.29) is 18.5 Å². The van der Waals surface area contributed by atoms with Crippen molar-refractivity contribution < 1.29 is 14.7 Å². The molecule has 2 amide bonds. The van der Waals surface area contributed by atoms with E-state index in [0.717, 1.165) is 13.0 Å². The van der Waals surface area contributed by atoms with Crippen molar-refractivity contribution in [2.75, 3.05) is 26.7 Å². The summed E-state index contributed by atoms with van der Waals surface area (Å²) in [7, 11) is 2.05. The lowest BCUT2D eigenvalue weighted by molar-refractivity contribution is -0.142. The zero-order valence-corrected chi connectivity index (χ0v) is 13.3. The first-order valence-electron chi connectivity index (χ1n) is 7.20. The molecule has 0 aliphatic carbocycles. The van der Waals surface area contributed by atoms with E-state index in [9.17, 15) is 9.59 Å². The highest BCUT2D eigenvalue weighted by molar-refractivity contribution is 5.75. The fourth-order valence-corrected chi connectivity index (χ4v) is 1.66. The SMILES string of the molecule is CC(C)C(CNC(=O)NCCCN(C)C(C)C)C(=O)O. The maximum Gasteiger partial charge on any atom is 0.314 e. The van der Waals surface area contributed by atoms with Crippen LogP contribution in [0.1, 0.15) is 34.1 Å². The molecule has 1 unspecified atom stereocenters. The fraction of sp³-hybridized carbons (Fsp3) is 0.857. The number of carbonyl (C=O) groups excluding carboxylic acids is 1. The Kier molecular flexibility index (Phi) is 8.96. The Morgan fingerprint density at radius 1 is 1.15 bits per heavy atom. The number of carboxylic acid groups (broad SMARTS) is 1. The van der Waals surface area contributed by atoms with E-state index >= 15 is 0 Å². The van der Waals surface area contributed by atoms with Gasteiger partial charge in [0.25, 0.3) is 0 Å². The van der Waals surface area contributed by atoms with Gasteiger partial charge in [0.15, 0.2) is 0 Å². The summed E-state index contributed by atoms with van der Waals surface area (Å²) >= 11 is 0. The van der Waals surface area contributed by atoms with Crippen molar-refractivity contribution in [1.82, 2.24) is 15.5 Å². The maximum absolute atomic E-state index is 11.5. The van der Waals surface area contributed by atoms with E-state index in [1.54, 1.807) is 0 Å². The van der Waals surface area contributed by atoms with Crippen LogP contribution in [0.2, 0.25) is 0 Å². The van der Waals surface area contributed by atoms with Gasteiger partial charge >= 0.3 is 12.0 Å². The lowest BCUT2D eigenvalue weighted by Crippen LogP contribution is -2.42. The molecule has 0 saturated heterocycles. The normalized spacial score (nSPS) is 12.8. The van der Waals surface area contributed by atoms with Gasteiger partial charge in [0.1, 0.15) is 0 Å². The highest BCUT2D eigenvalue weighted by Crippen LogP contribution is 2.09. The van der Waals surface area contributed by atoms with Crippen LogP contribution >= 0.6 is 0 Å². The van der Waals surface area contributed by atoms with Crippen molar-refractivity contribution in [3.8, 4) is 0 Å². The molecule has 1 atom stereocenters. The predicted octanol–water partition coefficient (Wildman–Crippen LogP) is 1.37. The number of carbonyl (C=O) groups is 2. The summed E-state index contributed by atoms with van der Waals surface area (Å²) in [4.78, 5) is 24.7. The highest BCUT2D eigenvalue weighted by atomic mass is 16.4. The predicted molar refractivity (Wildman–Crippen MR) is 79.7 cm³/mol. The van der Waals surface area contributed by atoms with Crippen LogP contribution in [0.3, 0.4) is 0 Å². The molecule has 0 spiro atoms. The van der Waals surface area contributed by atoms with Crippen molar-refractivity contribution in [3.05, 3.63) is 0 Å². The van der Waals surface area contributed by atoms with Gasteiger partial charge in [-0.25, -0.2) is 4.79 Å². The van der Waals surface area contributed by atoms with E-state index < -0.39 is 11.9 Å². The van der Waals surface area contributed by atoms with Crippen molar-refractivity contribution >= 4 is 12.0 Å². The third-order valence-electron chi connectivity index (χ3n) is 3.46. The minimum Gasteiger partial charge on any atom is -0.481 e. The molecule has 0 aromatic carbocycles. The van der Waals surface area contributed by atoms with E-state index in [4.69, 9.17) is 5.11 Å². The minimum atomic E-state index is -0.876. The van der Waals surface area contributed by atoms with Gasteiger partial charge in [-0.05, 0) is 39.8 Å². The number of rotatable bonds is 9. The summed E-state index contributed by atoms with van der Waals surface area (Å²) in [6.45, 7) is 9.57. The molecule has 0 saturated carbocycles. The molecule has 0 aliphatic rings. The number of hydrogen-bond donors (Lipinski definition) is 3. The molecule has 6 heteroatoms. The van der Waals surface area contributed by atoms with E-state index in [0.29, 0.717) is 12.6 Å².